The SMILES string of the molecule is CC(=O)C1(Cc2ccccc2)CCCN(C(=O)C(Cc2ccccc2)NC(=O)C2CCNCC2)C1. The number of likely N-dealkylation sites (tertiary alicyclic amines) is 1. The van der Waals surface area contributed by atoms with Crippen LogP contribution in [0.15, 0.2) is 60.7 Å². The minimum Gasteiger partial charge on any atom is -0.344 e. The molecule has 2 aromatic rings. The van der Waals surface area contributed by atoms with E-state index in [4.69, 9.17) is 0 Å². The molecule has 2 atom stereocenters. The van der Waals surface area contributed by atoms with Gasteiger partial charge in [-0.2, -0.15) is 0 Å². The molecule has 4 rings (SSSR count). The van der Waals surface area contributed by atoms with Crippen molar-refractivity contribution in [1.29, 1.82) is 0 Å². The maximum Gasteiger partial charge on any atom is 0.245 e. The first-order valence-electron chi connectivity index (χ1n) is 12.9. The molecule has 6 heteroatoms. The standard InChI is InChI=1S/C29H37N3O3/c1-22(33)29(20-24-11-6-3-7-12-24)15-8-18-32(21-29)28(35)26(19-23-9-4-2-5-10-23)31-27(34)25-13-16-30-17-14-25/h2-7,9-12,25-26,30H,8,13-21H2,1H3,(H,31,34). The summed E-state index contributed by atoms with van der Waals surface area (Å²) in [7, 11) is 0. The van der Waals surface area contributed by atoms with Crippen molar-refractivity contribution in [1.82, 2.24) is 15.5 Å². The summed E-state index contributed by atoms with van der Waals surface area (Å²) in [4.78, 5) is 41.7. The highest BCUT2D eigenvalue weighted by Gasteiger charge is 2.42. The van der Waals surface area contributed by atoms with Gasteiger partial charge in [0.1, 0.15) is 11.8 Å². The summed E-state index contributed by atoms with van der Waals surface area (Å²) in [6, 6.07) is 19.2. The van der Waals surface area contributed by atoms with Crippen molar-refractivity contribution in [3.8, 4) is 0 Å². The third-order valence-electron chi connectivity index (χ3n) is 7.63. The van der Waals surface area contributed by atoms with Crippen molar-refractivity contribution >= 4 is 17.6 Å². The lowest BCUT2D eigenvalue weighted by Gasteiger charge is -2.42. The Morgan fingerprint density at radius 1 is 1.00 bits per heavy atom. The van der Waals surface area contributed by atoms with Crippen molar-refractivity contribution in [3.05, 3.63) is 71.8 Å². The predicted molar refractivity (Wildman–Crippen MR) is 137 cm³/mol. The van der Waals surface area contributed by atoms with Gasteiger partial charge in [0.2, 0.25) is 11.8 Å². The van der Waals surface area contributed by atoms with Crippen LogP contribution in [0.1, 0.15) is 43.7 Å². The van der Waals surface area contributed by atoms with Gasteiger partial charge in [0.15, 0.2) is 0 Å². The zero-order valence-electron chi connectivity index (χ0n) is 20.7. The lowest BCUT2D eigenvalue weighted by atomic mass is 9.72. The van der Waals surface area contributed by atoms with Gasteiger partial charge in [-0.15, -0.1) is 0 Å². The molecule has 0 bridgehead atoms. The van der Waals surface area contributed by atoms with Crippen LogP contribution in [0, 0.1) is 11.3 Å². The Labute approximate surface area is 208 Å². The molecule has 2 unspecified atom stereocenters. The van der Waals surface area contributed by atoms with Gasteiger partial charge >= 0.3 is 0 Å². The monoisotopic (exact) mass is 475 g/mol. The van der Waals surface area contributed by atoms with Gasteiger partial charge < -0.3 is 15.5 Å². The number of hydrogen-bond donors (Lipinski definition) is 2. The quantitative estimate of drug-likeness (QED) is 0.615. The molecule has 0 aliphatic carbocycles. The molecule has 2 aliphatic heterocycles. The van der Waals surface area contributed by atoms with E-state index >= 15 is 0 Å². The third kappa shape index (κ3) is 6.37. The number of carbonyl (C=O) groups is 3. The number of benzene rings is 2. The van der Waals surface area contributed by atoms with Crippen LogP contribution in [-0.4, -0.2) is 54.7 Å². The molecular formula is C29H37N3O3. The Balaban J connectivity index is 1.53. The average molecular weight is 476 g/mol. The molecule has 2 heterocycles. The van der Waals surface area contributed by atoms with Gasteiger partial charge in [0, 0.05) is 25.4 Å². The van der Waals surface area contributed by atoms with Crippen LogP contribution in [0.3, 0.4) is 0 Å². The Kier molecular flexibility index (Phi) is 8.34. The van der Waals surface area contributed by atoms with E-state index in [-0.39, 0.29) is 23.5 Å². The van der Waals surface area contributed by atoms with Gasteiger partial charge in [-0.25, -0.2) is 0 Å². The fourth-order valence-corrected chi connectivity index (χ4v) is 5.51. The number of nitrogens with one attached hydrogen (secondary N) is 2. The second-order valence-electron chi connectivity index (χ2n) is 10.1. The van der Waals surface area contributed by atoms with Gasteiger partial charge in [0.25, 0.3) is 0 Å². The van der Waals surface area contributed by atoms with Crippen LogP contribution in [0.4, 0.5) is 0 Å². The van der Waals surface area contributed by atoms with E-state index in [1.165, 1.54) is 0 Å². The normalized spacial score (nSPS) is 21.8. The molecule has 0 radical (unpaired) electrons. The fourth-order valence-electron chi connectivity index (χ4n) is 5.51. The van der Waals surface area contributed by atoms with Crippen molar-refractivity contribution in [2.45, 2.75) is 51.5 Å². The largest absolute Gasteiger partial charge is 0.344 e. The van der Waals surface area contributed by atoms with E-state index in [9.17, 15) is 14.4 Å². The second-order valence-corrected chi connectivity index (χ2v) is 10.1. The Bertz CT molecular complexity index is 1000. The highest BCUT2D eigenvalue weighted by molar-refractivity contribution is 5.90. The van der Waals surface area contributed by atoms with Gasteiger partial charge in [-0.05, 0) is 63.2 Å². The maximum atomic E-state index is 13.9. The summed E-state index contributed by atoms with van der Waals surface area (Å²) in [5, 5.41) is 6.39. The lowest BCUT2D eigenvalue weighted by molar-refractivity contribution is -0.143. The number of hydrogen-bond acceptors (Lipinski definition) is 4. The van der Waals surface area contributed by atoms with E-state index in [0.29, 0.717) is 25.9 Å². The minimum atomic E-state index is -0.640. The van der Waals surface area contributed by atoms with E-state index in [1.54, 1.807) is 6.92 Å². The summed E-state index contributed by atoms with van der Waals surface area (Å²) < 4.78 is 0. The van der Waals surface area contributed by atoms with Crippen molar-refractivity contribution in [2.24, 2.45) is 11.3 Å². The number of piperidine rings is 2. The number of Topliss-reactive ketones (excluding diaryl/α,β-unsaturated/α-hetero) is 1. The molecule has 2 amide bonds. The van der Waals surface area contributed by atoms with Crippen LogP contribution in [-0.2, 0) is 27.2 Å². The van der Waals surface area contributed by atoms with Gasteiger partial charge in [0.05, 0.1) is 5.41 Å². The van der Waals surface area contributed by atoms with Crippen LogP contribution >= 0.6 is 0 Å². The van der Waals surface area contributed by atoms with Crippen LogP contribution < -0.4 is 10.6 Å². The second kappa shape index (κ2) is 11.6. The Morgan fingerprint density at radius 2 is 1.63 bits per heavy atom. The van der Waals surface area contributed by atoms with Crippen LogP contribution in [0.2, 0.25) is 0 Å². The number of ketones is 1. The zero-order valence-corrected chi connectivity index (χ0v) is 20.7. The summed E-state index contributed by atoms with van der Waals surface area (Å²) >= 11 is 0. The lowest BCUT2D eigenvalue weighted by Crippen LogP contribution is -2.57. The van der Waals surface area contributed by atoms with Gasteiger partial charge in [-0.3, -0.25) is 14.4 Å². The van der Waals surface area contributed by atoms with Gasteiger partial charge in [-0.1, -0.05) is 60.7 Å². The fraction of sp³-hybridized carbons (Fsp3) is 0.483. The van der Waals surface area contributed by atoms with Crippen molar-refractivity contribution in [2.75, 3.05) is 26.2 Å². The molecule has 2 N–H and O–H groups in total. The first-order valence-corrected chi connectivity index (χ1v) is 12.9. The molecular weight excluding hydrogens is 438 g/mol. The van der Waals surface area contributed by atoms with E-state index < -0.39 is 11.5 Å². The summed E-state index contributed by atoms with van der Waals surface area (Å²) in [6.07, 6.45) is 4.18. The minimum absolute atomic E-state index is 0.0418. The molecule has 2 aliphatic rings. The molecule has 186 valence electrons. The zero-order chi connectivity index (χ0) is 24.7. The number of amides is 2. The molecule has 2 saturated heterocycles. The van der Waals surface area contributed by atoms with Crippen molar-refractivity contribution in [3.63, 3.8) is 0 Å². The highest BCUT2D eigenvalue weighted by atomic mass is 16.2. The van der Waals surface area contributed by atoms with E-state index in [2.05, 4.69) is 10.6 Å². The molecule has 2 aromatic carbocycles. The van der Waals surface area contributed by atoms with Crippen molar-refractivity contribution < 1.29 is 14.4 Å². The number of nitrogens with zero attached hydrogens (tertiary/aromatic N) is 1. The smallest absolute Gasteiger partial charge is 0.245 e. The summed E-state index contributed by atoms with van der Waals surface area (Å²) in [5.41, 5.74) is 1.53. The Morgan fingerprint density at radius 3 is 2.26 bits per heavy atom. The molecule has 6 nitrogen and oxygen atoms in total. The molecule has 0 spiro atoms. The summed E-state index contributed by atoms with van der Waals surface area (Å²) in [6.45, 7) is 4.29. The predicted octanol–water partition coefficient (Wildman–Crippen LogP) is 3.15. The Hall–Kier alpha value is -2.99. The first kappa shape index (κ1) is 25.1. The number of rotatable bonds is 8. The molecule has 35 heavy (non-hydrogen) atoms. The van der Waals surface area contributed by atoms with E-state index in [0.717, 1.165) is 49.9 Å². The molecule has 0 saturated carbocycles. The molecule has 2 fully saturated rings. The number of carbonyl (C=O) groups excluding carboxylic acids is 3. The average Bonchev–Trinajstić information content (AvgIpc) is 2.89. The van der Waals surface area contributed by atoms with Crippen LogP contribution in [0.5, 0.6) is 0 Å². The first-order chi connectivity index (χ1) is 17.0. The summed E-state index contributed by atoms with van der Waals surface area (Å²) in [5.74, 6) is -0.0790. The topological polar surface area (TPSA) is 78.5 Å². The maximum absolute atomic E-state index is 13.9. The third-order valence-corrected chi connectivity index (χ3v) is 7.63. The van der Waals surface area contributed by atoms with E-state index in [1.807, 2.05) is 65.6 Å². The highest BCUT2D eigenvalue weighted by Crippen LogP contribution is 2.35. The van der Waals surface area contributed by atoms with Crippen LogP contribution in [0.25, 0.3) is 0 Å². The molecule has 0 aromatic heterocycles.